The first-order valence-electron chi connectivity index (χ1n) is 8.26. The molecular formula is C17H19N5O3. The van der Waals surface area contributed by atoms with Crippen LogP contribution in [0, 0.1) is 0 Å². The van der Waals surface area contributed by atoms with Crippen LogP contribution in [-0.4, -0.2) is 45.3 Å². The van der Waals surface area contributed by atoms with Crippen molar-refractivity contribution in [2.45, 2.75) is 25.9 Å². The number of carbonyl (C=O) groups excluding carboxylic acids is 1. The van der Waals surface area contributed by atoms with Gasteiger partial charge in [0.05, 0.1) is 24.9 Å². The van der Waals surface area contributed by atoms with Gasteiger partial charge in [0, 0.05) is 29.6 Å². The normalized spacial score (nSPS) is 18.6. The standard InChI is InChI=1S/C17H19N5O3/c1-11-4-6-24-13-2-3-15-14(8-13)16(21-20-15)12-9-18-22(10-12)5-7-25-17(23)19-11/h2-3,8-11H,4-7H2,1H3,(H,19,23)(H,20,21). The van der Waals surface area contributed by atoms with Crippen molar-refractivity contribution in [2.75, 3.05) is 13.2 Å². The molecule has 1 unspecified atom stereocenters. The third kappa shape index (κ3) is 3.28. The molecule has 1 atom stereocenters. The van der Waals surface area contributed by atoms with Crippen molar-refractivity contribution in [1.29, 1.82) is 0 Å². The average molecular weight is 341 g/mol. The third-order valence-electron chi connectivity index (χ3n) is 4.18. The fourth-order valence-electron chi connectivity index (χ4n) is 2.81. The van der Waals surface area contributed by atoms with E-state index in [4.69, 9.17) is 9.47 Å². The van der Waals surface area contributed by atoms with Crippen LogP contribution in [0.25, 0.3) is 22.2 Å². The van der Waals surface area contributed by atoms with Crippen LogP contribution in [0.3, 0.4) is 0 Å². The van der Waals surface area contributed by atoms with Gasteiger partial charge in [0.25, 0.3) is 0 Å². The quantitative estimate of drug-likeness (QED) is 0.654. The highest BCUT2D eigenvalue weighted by Gasteiger charge is 2.13. The van der Waals surface area contributed by atoms with Crippen LogP contribution in [0.15, 0.2) is 30.6 Å². The summed E-state index contributed by atoms with van der Waals surface area (Å²) in [5.41, 5.74) is 2.67. The van der Waals surface area contributed by atoms with Crippen molar-refractivity contribution in [3.05, 3.63) is 30.6 Å². The van der Waals surface area contributed by atoms with E-state index < -0.39 is 6.09 Å². The van der Waals surface area contributed by atoms with Crippen LogP contribution < -0.4 is 10.1 Å². The molecule has 2 aromatic heterocycles. The van der Waals surface area contributed by atoms with Crippen molar-refractivity contribution in [3.8, 4) is 17.0 Å². The van der Waals surface area contributed by atoms with Crippen LogP contribution in [0.1, 0.15) is 13.3 Å². The summed E-state index contributed by atoms with van der Waals surface area (Å²) < 4.78 is 12.7. The molecule has 1 aliphatic heterocycles. The highest BCUT2D eigenvalue weighted by molar-refractivity contribution is 5.93. The topological polar surface area (TPSA) is 94.1 Å². The van der Waals surface area contributed by atoms with Crippen LogP contribution >= 0.6 is 0 Å². The van der Waals surface area contributed by atoms with Crippen molar-refractivity contribution < 1.29 is 14.3 Å². The van der Waals surface area contributed by atoms with Crippen molar-refractivity contribution in [2.24, 2.45) is 0 Å². The van der Waals surface area contributed by atoms with Gasteiger partial charge in [0.2, 0.25) is 0 Å². The number of benzene rings is 1. The Morgan fingerprint density at radius 2 is 2.20 bits per heavy atom. The number of hydrogen-bond acceptors (Lipinski definition) is 5. The molecule has 3 aromatic rings. The molecule has 4 rings (SSSR count). The summed E-state index contributed by atoms with van der Waals surface area (Å²) in [5.74, 6) is 0.768. The van der Waals surface area contributed by atoms with Gasteiger partial charge in [0.1, 0.15) is 18.1 Å². The zero-order valence-electron chi connectivity index (χ0n) is 13.9. The van der Waals surface area contributed by atoms with Gasteiger partial charge in [0.15, 0.2) is 0 Å². The third-order valence-corrected chi connectivity index (χ3v) is 4.18. The van der Waals surface area contributed by atoms with Crippen molar-refractivity contribution >= 4 is 17.0 Å². The molecule has 0 aliphatic carbocycles. The smallest absolute Gasteiger partial charge is 0.407 e. The van der Waals surface area contributed by atoms with Gasteiger partial charge in [-0.3, -0.25) is 9.78 Å². The van der Waals surface area contributed by atoms with E-state index in [1.165, 1.54) is 0 Å². The number of rotatable bonds is 0. The Bertz CT molecular complexity index is 901. The van der Waals surface area contributed by atoms with E-state index in [1.807, 2.05) is 31.3 Å². The monoisotopic (exact) mass is 341 g/mol. The number of carbonyl (C=O) groups is 1. The maximum Gasteiger partial charge on any atom is 0.407 e. The van der Waals surface area contributed by atoms with E-state index in [1.54, 1.807) is 10.9 Å². The number of aromatic amines is 1. The molecule has 1 aliphatic rings. The number of alkyl carbamates (subject to hydrolysis) is 1. The molecule has 0 fully saturated rings. The summed E-state index contributed by atoms with van der Waals surface area (Å²) in [4.78, 5) is 11.8. The Morgan fingerprint density at radius 1 is 1.28 bits per heavy atom. The lowest BCUT2D eigenvalue weighted by Crippen LogP contribution is -2.34. The predicted molar refractivity (Wildman–Crippen MR) is 91.4 cm³/mol. The maximum atomic E-state index is 11.8. The summed E-state index contributed by atoms with van der Waals surface area (Å²) >= 11 is 0. The highest BCUT2D eigenvalue weighted by Crippen LogP contribution is 2.29. The van der Waals surface area contributed by atoms with Crippen molar-refractivity contribution in [1.82, 2.24) is 25.3 Å². The van der Waals surface area contributed by atoms with Gasteiger partial charge in [-0.2, -0.15) is 10.2 Å². The van der Waals surface area contributed by atoms with Crippen LogP contribution in [0.4, 0.5) is 4.79 Å². The molecular weight excluding hydrogens is 322 g/mol. The Kier molecular flexibility index (Phi) is 4.01. The molecule has 25 heavy (non-hydrogen) atoms. The number of aromatic nitrogens is 4. The molecule has 3 heterocycles. The maximum absolute atomic E-state index is 11.8. The van der Waals surface area contributed by atoms with Crippen LogP contribution in [0.2, 0.25) is 0 Å². The van der Waals surface area contributed by atoms with Gasteiger partial charge < -0.3 is 14.8 Å². The van der Waals surface area contributed by atoms with Crippen LogP contribution in [0.5, 0.6) is 5.75 Å². The van der Waals surface area contributed by atoms with Gasteiger partial charge in [-0.05, 0) is 25.1 Å². The van der Waals surface area contributed by atoms with E-state index in [0.29, 0.717) is 19.6 Å². The number of nitrogens with one attached hydrogen (secondary N) is 2. The SMILES string of the molecule is CC1CCOc2ccc3[nH]nc(c3c2)-c2cnn(c2)CCOC(=O)N1. The number of amides is 1. The second-order valence-electron chi connectivity index (χ2n) is 6.09. The largest absolute Gasteiger partial charge is 0.493 e. The molecule has 1 amide bonds. The Morgan fingerprint density at radius 3 is 3.12 bits per heavy atom. The lowest BCUT2D eigenvalue weighted by atomic mass is 10.1. The molecule has 8 heteroatoms. The lowest BCUT2D eigenvalue weighted by Gasteiger charge is -2.15. The molecule has 4 bridgehead atoms. The molecule has 0 saturated carbocycles. The first kappa shape index (κ1) is 15.5. The number of nitrogens with zero attached hydrogens (tertiary/aromatic N) is 3. The zero-order chi connectivity index (χ0) is 17.2. The predicted octanol–water partition coefficient (Wildman–Crippen LogP) is 2.32. The zero-order valence-corrected chi connectivity index (χ0v) is 13.9. The number of hydrogen-bond donors (Lipinski definition) is 2. The molecule has 0 saturated heterocycles. The fraction of sp³-hybridized carbons (Fsp3) is 0.353. The second-order valence-corrected chi connectivity index (χ2v) is 6.09. The molecule has 130 valence electrons. The Labute approximate surface area is 144 Å². The minimum atomic E-state index is -0.428. The first-order valence-corrected chi connectivity index (χ1v) is 8.26. The minimum Gasteiger partial charge on any atom is -0.493 e. The Balaban J connectivity index is 1.69. The van der Waals surface area contributed by atoms with E-state index in [-0.39, 0.29) is 12.6 Å². The summed E-state index contributed by atoms with van der Waals surface area (Å²) in [6.45, 7) is 3.16. The Hall–Kier alpha value is -3.03. The number of fused-ring (bicyclic) bond motifs is 4. The molecule has 0 radical (unpaired) electrons. The lowest BCUT2D eigenvalue weighted by molar-refractivity contribution is 0.136. The molecule has 1 aromatic carbocycles. The van der Waals surface area contributed by atoms with Crippen molar-refractivity contribution in [3.63, 3.8) is 0 Å². The van der Waals surface area contributed by atoms with E-state index in [0.717, 1.165) is 27.9 Å². The van der Waals surface area contributed by atoms with Gasteiger partial charge in [-0.25, -0.2) is 4.79 Å². The molecule has 0 spiro atoms. The molecule has 2 N–H and O–H groups in total. The summed E-state index contributed by atoms with van der Waals surface area (Å²) in [7, 11) is 0. The summed E-state index contributed by atoms with van der Waals surface area (Å²) in [5, 5.41) is 15.5. The van der Waals surface area contributed by atoms with Gasteiger partial charge >= 0.3 is 6.09 Å². The fourth-order valence-corrected chi connectivity index (χ4v) is 2.81. The number of cyclic esters (lactones) is 1. The summed E-state index contributed by atoms with van der Waals surface area (Å²) in [6.07, 6.45) is 3.90. The summed E-state index contributed by atoms with van der Waals surface area (Å²) in [6, 6.07) is 5.80. The van der Waals surface area contributed by atoms with E-state index in [2.05, 4.69) is 20.6 Å². The minimum absolute atomic E-state index is 0.0371. The van der Waals surface area contributed by atoms with Gasteiger partial charge in [-0.15, -0.1) is 0 Å². The van der Waals surface area contributed by atoms with Crippen LogP contribution in [-0.2, 0) is 11.3 Å². The highest BCUT2D eigenvalue weighted by atomic mass is 16.5. The molecule has 8 nitrogen and oxygen atoms in total. The average Bonchev–Trinajstić information content (AvgIpc) is 3.20. The first-order chi connectivity index (χ1) is 12.2. The number of H-pyrrole nitrogens is 1. The number of ether oxygens (including phenoxy) is 2. The second kappa shape index (κ2) is 6.46. The van der Waals surface area contributed by atoms with Gasteiger partial charge in [-0.1, -0.05) is 0 Å². The van der Waals surface area contributed by atoms with E-state index in [9.17, 15) is 4.79 Å². The van der Waals surface area contributed by atoms with E-state index >= 15 is 0 Å².